The molecule has 1 aliphatic heterocycles. The van der Waals surface area contributed by atoms with Crippen LogP contribution in [-0.2, 0) is 9.53 Å². The molecule has 1 heterocycles. The first-order valence-corrected chi connectivity index (χ1v) is 7.74. The summed E-state index contributed by atoms with van der Waals surface area (Å²) in [5, 5.41) is 5.48. The van der Waals surface area contributed by atoms with Crippen molar-refractivity contribution in [1.29, 1.82) is 0 Å². The summed E-state index contributed by atoms with van der Waals surface area (Å²) in [5.41, 5.74) is 5.50. The number of halogens is 1. The Morgan fingerprint density at radius 1 is 1.52 bits per heavy atom. The van der Waals surface area contributed by atoms with E-state index >= 15 is 0 Å². The second kappa shape index (κ2) is 8.03. The summed E-state index contributed by atoms with van der Waals surface area (Å²) in [7, 11) is 0. The number of amides is 3. The van der Waals surface area contributed by atoms with Crippen molar-refractivity contribution >= 4 is 29.2 Å². The van der Waals surface area contributed by atoms with Crippen LogP contribution >= 0.6 is 11.6 Å². The molecule has 126 valence electrons. The molecule has 8 heteroatoms. The van der Waals surface area contributed by atoms with Gasteiger partial charge in [-0.1, -0.05) is 11.6 Å². The van der Waals surface area contributed by atoms with Crippen molar-refractivity contribution in [3.63, 3.8) is 0 Å². The van der Waals surface area contributed by atoms with Gasteiger partial charge in [0.25, 0.3) is 0 Å². The van der Waals surface area contributed by atoms with Crippen molar-refractivity contribution in [2.24, 2.45) is 5.73 Å². The highest BCUT2D eigenvalue weighted by Gasteiger charge is 2.19. The smallest absolute Gasteiger partial charge is 0.318 e. The van der Waals surface area contributed by atoms with Crippen LogP contribution in [-0.4, -0.2) is 37.3 Å². The van der Waals surface area contributed by atoms with Gasteiger partial charge in [-0.05, 0) is 38.0 Å². The molecule has 0 aromatic heterocycles. The van der Waals surface area contributed by atoms with Crippen LogP contribution in [0, 0.1) is 0 Å². The fraction of sp³-hybridized carbons (Fsp3) is 0.467. The largest absolute Gasteiger partial charge is 0.489 e. The molecule has 2 rings (SSSR count). The number of anilines is 1. The highest BCUT2D eigenvalue weighted by molar-refractivity contribution is 6.31. The Morgan fingerprint density at radius 2 is 2.30 bits per heavy atom. The number of benzene rings is 1. The average Bonchev–Trinajstić information content (AvgIpc) is 2.99. The average molecular weight is 342 g/mol. The number of hydrogen-bond acceptors (Lipinski definition) is 5. The lowest BCUT2D eigenvalue weighted by molar-refractivity contribution is -0.120. The Labute approximate surface area is 139 Å². The number of carbonyl (C=O) groups is 2. The first kappa shape index (κ1) is 17.4. The van der Waals surface area contributed by atoms with Crippen molar-refractivity contribution in [3.8, 4) is 5.75 Å². The van der Waals surface area contributed by atoms with Crippen LogP contribution in [0.5, 0.6) is 5.75 Å². The normalized spacial score (nSPS) is 18.3. The maximum absolute atomic E-state index is 11.8. The van der Waals surface area contributed by atoms with Gasteiger partial charge in [0.1, 0.15) is 18.4 Å². The van der Waals surface area contributed by atoms with E-state index in [-0.39, 0.29) is 6.10 Å². The molecule has 1 fully saturated rings. The van der Waals surface area contributed by atoms with Crippen LogP contribution in [0.3, 0.4) is 0 Å². The number of nitrogens with two attached hydrogens (primary N) is 1. The van der Waals surface area contributed by atoms with Crippen molar-refractivity contribution < 1.29 is 19.1 Å². The third kappa shape index (κ3) is 5.30. The second-order valence-electron chi connectivity index (χ2n) is 5.31. The van der Waals surface area contributed by atoms with E-state index in [0.29, 0.717) is 23.1 Å². The zero-order chi connectivity index (χ0) is 16.8. The van der Waals surface area contributed by atoms with Crippen LogP contribution in [0.4, 0.5) is 10.5 Å². The molecule has 0 spiro atoms. The van der Waals surface area contributed by atoms with Gasteiger partial charge in [-0.25, -0.2) is 4.79 Å². The minimum atomic E-state index is -0.899. The Morgan fingerprint density at radius 3 is 2.96 bits per heavy atom. The minimum Gasteiger partial charge on any atom is -0.489 e. The molecule has 0 radical (unpaired) electrons. The summed E-state index contributed by atoms with van der Waals surface area (Å²) in [6.07, 6.45) is 2.08. The van der Waals surface area contributed by atoms with Gasteiger partial charge >= 0.3 is 6.03 Å². The van der Waals surface area contributed by atoms with Crippen molar-refractivity contribution in [2.45, 2.75) is 31.9 Å². The zero-order valence-corrected chi connectivity index (χ0v) is 13.6. The molecule has 1 aliphatic rings. The molecule has 1 aromatic rings. The lowest BCUT2D eigenvalue weighted by atomic mass is 10.2. The summed E-state index contributed by atoms with van der Waals surface area (Å²) in [6.45, 7) is 2.78. The zero-order valence-electron chi connectivity index (χ0n) is 12.8. The van der Waals surface area contributed by atoms with Gasteiger partial charge in [-0.3, -0.25) is 10.1 Å². The van der Waals surface area contributed by atoms with E-state index in [2.05, 4.69) is 5.32 Å². The van der Waals surface area contributed by atoms with Crippen LogP contribution in [0.15, 0.2) is 18.2 Å². The highest BCUT2D eigenvalue weighted by Crippen LogP contribution is 2.29. The van der Waals surface area contributed by atoms with Gasteiger partial charge in [-0.15, -0.1) is 0 Å². The third-order valence-corrected chi connectivity index (χ3v) is 3.64. The van der Waals surface area contributed by atoms with Crippen molar-refractivity contribution in [2.75, 3.05) is 18.5 Å². The summed E-state index contributed by atoms with van der Waals surface area (Å²) in [5.74, 6) is 0.0196. The van der Waals surface area contributed by atoms with E-state index < -0.39 is 18.0 Å². The Kier molecular flexibility index (Phi) is 6.06. The Bertz CT molecular complexity index is 576. The Balaban J connectivity index is 2.02. The fourth-order valence-electron chi connectivity index (χ4n) is 2.23. The van der Waals surface area contributed by atoms with Crippen molar-refractivity contribution in [1.82, 2.24) is 5.32 Å². The summed E-state index contributed by atoms with van der Waals surface area (Å²) in [4.78, 5) is 22.5. The van der Waals surface area contributed by atoms with Crippen LogP contribution < -0.4 is 21.1 Å². The molecule has 3 amide bonds. The van der Waals surface area contributed by atoms with Crippen LogP contribution in [0.25, 0.3) is 0 Å². The number of hydrogen-bond donors (Lipinski definition) is 3. The molecule has 7 nitrogen and oxygen atoms in total. The molecule has 0 saturated carbocycles. The van der Waals surface area contributed by atoms with E-state index in [1.165, 1.54) is 0 Å². The van der Waals surface area contributed by atoms with E-state index in [9.17, 15) is 9.59 Å². The number of primary amides is 1. The Hall–Kier alpha value is -1.99. The van der Waals surface area contributed by atoms with E-state index in [0.717, 1.165) is 19.4 Å². The SMILES string of the molecule is C[C@@H](Nc1cc(Cl)ccc1OC[C@@H]1CCCO1)C(=O)NC(N)=O. The molecule has 2 atom stereocenters. The van der Waals surface area contributed by atoms with E-state index in [1.807, 2.05) is 5.32 Å². The second-order valence-corrected chi connectivity index (χ2v) is 5.74. The summed E-state index contributed by atoms with van der Waals surface area (Å²) >= 11 is 6.00. The van der Waals surface area contributed by atoms with Gasteiger partial charge < -0.3 is 20.5 Å². The van der Waals surface area contributed by atoms with Gasteiger partial charge in [0.2, 0.25) is 5.91 Å². The number of imide groups is 1. The van der Waals surface area contributed by atoms with Gasteiger partial charge in [0.05, 0.1) is 11.8 Å². The maximum atomic E-state index is 11.8. The summed E-state index contributed by atoms with van der Waals surface area (Å²) in [6, 6.07) is 3.49. The molecule has 0 bridgehead atoms. The highest BCUT2D eigenvalue weighted by atomic mass is 35.5. The number of nitrogens with one attached hydrogen (secondary N) is 2. The maximum Gasteiger partial charge on any atom is 0.318 e. The lowest BCUT2D eigenvalue weighted by Gasteiger charge is -2.19. The van der Waals surface area contributed by atoms with Crippen LogP contribution in [0.2, 0.25) is 5.02 Å². The molecule has 23 heavy (non-hydrogen) atoms. The molecular formula is C15H20ClN3O4. The molecule has 1 aromatic carbocycles. The predicted molar refractivity (Wildman–Crippen MR) is 86.7 cm³/mol. The van der Waals surface area contributed by atoms with Gasteiger partial charge in [0.15, 0.2) is 0 Å². The van der Waals surface area contributed by atoms with Gasteiger partial charge in [-0.2, -0.15) is 0 Å². The first-order chi connectivity index (χ1) is 11.0. The first-order valence-electron chi connectivity index (χ1n) is 7.36. The minimum absolute atomic E-state index is 0.0779. The molecule has 0 aliphatic carbocycles. The molecule has 0 unspecified atom stereocenters. The number of urea groups is 1. The lowest BCUT2D eigenvalue weighted by Crippen LogP contribution is -2.43. The van der Waals surface area contributed by atoms with E-state index in [4.69, 9.17) is 26.8 Å². The number of ether oxygens (including phenoxy) is 2. The predicted octanol–water partition coefficient (Wildman–Crippen LogP) is 1.89. The van der Waals surface area contributed by atoms with Crippen LogP contribution in [0.1, 0.15) is 19.8 Å². The summed E-state index contributed by atoms with van der Waals surface area (Å²) < 4.78 is 11.3. The quantitative estimate of drug-likeness (QED) is 0.733. The fourth-order valence-corrected chi connectivity index (χ4v) is 2.40. The standard InChI is InChI=1S/C15H20ClN3O4/c1-9(14(20)19-15(17)21)18-12-7-10(16)4-5-13(12)23-8-11-3-2-6-22-11/h4-5,7,9,11,18H,2-3,6,8H2,1H3,(H3,17,19,20,21)/t9-,11+/m1/s1. The van der Waals surface area contributed by atoms with Crippen molar-refractivity contribution in [3.05, 3.63) is 23.2 Å². The monoisotopic (exact) mass is 341 g/mol. The van der Waals surface area contributed by atoms with E-state index in [1.54, 1.807) is 25.1 Å². The number of rotatable bonds is 6. The molecule has 4 N–H and O–H groups in total. The van der Waals surface area contributed by atoms with Gasteiger partial charge in [0, 0.05) is 11.6 Å². The number of carbonyl (C=O) groups excluding carboxylic acids is 2. The topological polar surface area (TPSA) is 103 Å². The molecular weight excluding hydrogens is 322 g/mol. The molecule has 1 saturated heterocycles. The third-order valence-electron chi connectivity index (χ3n) is 3.40.